The Kier molecular flexibility index (Phi) is 8.52. The number of hydrogen-bond acceptors (Lipinski definition) is 4. The number of para-hydroxylation sites is 2. The van der Waals surface area contributed by atoms with Crippen LogP contribution in [-0.4, -0.2) is 43.2 Å². The first kappa shape index (κ1) is 22.6. The summed E-state index contributed by atoms with van der Waals surface area (Å²) in [4.78, 5) is 14.4. The Hall–Kier alpha value is -2.11. The van der Waals surface area contributed by atoms with Crippen LogP contribution in [0.4, 0.5) is 0 Å². The highest BCUT2D eigenvalue weighted by molar-refractivity contribution is 6.42. The largest absolute Gasteiger partial charge is 0.492 e. The molecule has 7 heteroatoms. The first-order chi connectivity index (χ1) is 14.6. The van der Waals surface area contributed by atoms with Crippen molar-refractivity contribution in [2.75, 3.05) is 26.3 Å². The highest BCUT2D eigenvalue weighted by Gasteiger charge is 2.24. The summed E-state index contributed by atoms with van der Waals surface area (Å²) >= 11 is 12.1. The van der Waals surface area contributed by atoms with E-state index < -0.39 is 0 Å². The Bertz CT molecular complexity index is 838. The molecule has 3 rings (SSSR count). The number of piperidine rings is 1. The smallest absolute Gasteiger partial charge is 0.222 e. The van der Waals surface area contributed by atoms with E-state index in [1.165, 1.54) is 0 Å². The van der Waals surface area contributed by atoms with Gasteiger partial charge in [-0.15, -0.1) is 0 Å². The molecule has 30 heavy (non-hydrogen) atoms. The molecule has 5 nitrogen and oxygen atoms in total. The summed E-state index contributed by atoms with van der Waals surface area (Å²) in [6.45, 7) is 4.36. The first-order valence-electron chi connectivity index (χ1n) is 10.3. The second kappa shape index (κ2) is 11.3. The molecule has 0 radical (unpaired) electrons. The normalized spacial score (nSPS) is 14.4. The van der Waals surface area contributed by atoms with Gasteiger partial charge in [0.25, 0.3) is 0 Å². The van der Waals surface area contributed by atoms with Crippen molar-refractivity contribution in [3.63, 3.8) is 0 Å². The minimum Gasteiger partial charge on any atom is -0.492 e. The molecule has 1 saturated heterocycles. The molecule has 162 valence electrons. The van der Waals surface area contributed by atoms with Crippen LogP contribution in [0.5, 0.6) is 17.2 Å². The Morgan fingerprint density at radius 2 is 1.70 bits per heavy atom. The summed E-state index contributed by atoms with van der Waals surface area (Å²) in [5.74, 6) is 2.21. The number of carbonyl (C=O) groups excluding carboxylic acids is 1. The molecule has 0 saturated carbocycles. The zero-order valence-electron chi connectivity index (χ0n) is 17.1. The van der Waals surface area contributed by atoms with Gasteiger partial charge in [0.15, 0.2) is 11.5 Å². The molecule has 0 aliphatic carbocycles. The molecular weight excluding hydrogens is 425 g/mol. The van der Waals surface area contributed by atoms with Gasteiger partial charge in [-0.05, 0) is 37.6 Å². The van der Waals surface area contributed by atoms with Crippen LogP contribution >= 0.6 is 23.2 Å². The van der Waals surface area contributed by atoms with Gasteiger partial charge >= 0.3 is 0 Å². The number of ether oxygens (including phenoxy) is 3. The summed E-state index contributed by atoms with van der Waals surface area (Å²) < 4.78 is 17.4. The van der Waals surface area contributed by atoms with E-state index in [2.05, 4.69) is 0 Å². The van der Waals surface area contributed by atoms with Crippen LogP contribution in [0, 0.1) is 0 Å². The van der Waals surface area contributed by atoms with E-state index in [1.54, 1.807) is 18.2 Å². The number of amides is 1. The lowest BCUT2D eigenvalue weighted by Gasteiger charge is -2.32. The van der Waals surface area contributed by atoms with Crippen molar-refractivity contribution in [2.45, 2.75) is 38.7 Å². The molecule has 0 unspecified atom stereocenters. The molecule has 0 spiro atoms. The molecule has 2 aromatic rings. The van der Waals surface area contributed by atoms with Crippen molar-refractivity contribution < 1.29 is 19.0 Å². The average Bonchev–Trinajstić information content (AvgIpc) is 2.76. The quantitative estimate of drug-likeness (QED) is 0.464. The fraction of sp³-hybridized carbons (Fsp3) is 0.435. The minimum absolute atomic E-state index is 0.0870. The summed E-state index contributed by atoms with van der Waals surface area (Å²) in [6, 6.07) is 13.0. The van der Waals surface area contributed by atoms with E-state index in [9.17, 15) is 4.79 Å². The molecule has 0 N–H and O–H groups in total. The van der Waals surface area contributed by atoms with Gasteiger partial charge in [-0.1, -0.05) is 41.4 Å². The topological polar surface area (TPSA) is 48.0 Å². The molecule has 0 aromatic heterocycles. The second-order valence-corrected chi connectivity index (χ2v) is 7.87. The highest BCUT2D eigenvalue weighted by Crippen LogP contribution is 2.32. The Morgan fingerprint density at radius 3 is 2.43 bits per heavy atom. The molecule has 1 heterocycles. The van der Waals surface area contributed by atoms with Gasteiger partial charge < -0.3 is 19.1 Å². The van der Waals surface area contributed by atoms with Gasteiger partial charge in [0.2, 0.25) is 5.91 Å². The van der Waals surface area contributed by atoms with Crippen molar-refractivity contribution in [1.29, 1.82) is 0 Å². The molecule has 1 aliphatic rings. The number of rotatable bonds is 9. The van der Waals surface area contributed by atoms with Crippen LogP contribution < -0.4 is 14.2 Å². The van der Waals surface area contributed by atoms with E-state index in [4.69, 9.17) is 37.4 Å². The van der Waals surface area contributed by atoms with Gasteiger partial charge in [-0.2, -0.15) is 0 Å². The van der Waals surface area contributed by atoms with E-state index >= 15 is 0 Å². The fourth-order valence-corrected chi connectivity index (χ4v) is 3.73. The van der Waals surface area contributed by atoms with Crippen molar-refractivity contribution in [2.24, 2.45) is 0 Å². The van der Waals surface area contributed by atoms with Crippen LogP contribution in [-0.2, 0) is 4.79 Å². The van der Waals surface area contributed by atoms with Crippen molar-refractivity contribution in [3.8, 4) is 17.2 Å². The molecule has 0 atom stereocenters. The molecular formula is C23H27Cl2NO4. The van der Waals surface area contributed by atoms with E-state index in [-0.39, 0.29) is 12.0 Å². The number of hydrogen-bond donors (Lipinski definition) is 0. The van der Waals surface area contributed by atoms with Crippen LogP contribution in [0.15, 0.2) is 42.5 Å². The number of likely N-dealkylation sites (tertiary alicyclic amines) is 1. The Morgan fingerprint density at radius 1 is 1.00 bits per heavy atom. The summed E-state index contributed by atoms with van der Waals surface area (Å²) in [5.41, 5.74) is 0. The lowest BCUT2D eigenvalue weighted by atomic mass is 10.1. The fourth-order valence-electron chi connectivity index (χ4n) is 3.38. The molecule has 0 bridgehead atoms. The summed E-state index contributed by atoms with van der Waals surface area (Å²) in [7, 11) is 0. The monoisotopic (exact) mass is 451 g/mol. The van der Waals surface area contributed by atoms with E-state index in [1.807, 2.05) is 36.1 Å². The van der Waals surface area contributed by atoms with Gasteiger partial charge in [0, 0.05) is 32.4 Å². The average molecular weight is 452 g/mol. The highest BCUT2D eigenvalue weighted by atomic mass is 35.5. The van der Waals surface area contributed by atoms with E-state index in [0.29, 0.717) is 54.9 Å². The Balaban J connectivity index is 1.38. The van der Waals surface area contributed by atoms with Crippen LogP contribution in [0.3, 0.4) is 0 Å². The van der Waals surface area contributed by atoms with Crippen molar-refractivity contribution in [1.82, 2.24) is 4.90 Å². The van der Waals surface area contributed by atoms with Crippen LogP contribution in [0.1, 0.15) is 32.6 Å². The minimum atomic E-state index is 0.0870. The molecule has 1 amide bonds. The zero-order valence-corrected chi connectivity index (χ0v) is 18.6. The second-order valence-electron chi connectivity index (χ2n) is 7.08. The maximum absolute atomic E-state index is 12.5. The van der Waals surface area contributed by atoms with Crippen LogP contribution in [0.2, 0.25) is 10.0 Å². The van der Waals surface area contributed by atoms with Crippen LogP contribution in [0.25, 0.3) is 0 Å². The van der Waals surface area contributed by atoms with Gasteiger partial charge in [-0.25, -0.2) is 0 Å². The molecule has 1 fully saturated rings. The number of carbonyl (C=O) groups is 1. The predicted octanol–water partition coefficient (Wildman–Crippen LogP) is 5.62. The van der Waals surface area contributed by atoms with Gasteiger partial charge in [0.05, 0.1) is 18.2 Å². The number of nitrogens with zero attached hydrogens (tertiary/aromatic N) is 1. The lowest BCUT2D eigenvalue weighted by Crippen LogP contribution is -2.41. The van der Waals surface area contributed by atoms with Gasteiger partial charge in [-0.3, -0.25) is 4.79 Å². The molecule has 1 aliphatic heterocycles. The first-order valence-corrected chi connectivity index (χ1v) is 11.1. The lowest BCUT2D eigenvalue weighted by molar-refractivity contribution is -0.133. The van der Waals surface area contributed by atoms with Gasteiger partial charge in [0.1, 0.15) is 16.9 Å². The third kappa shape index (κ3) is 6.19. The summed E-state index contributed by atoms with van der Waals surface area (Å²) in [6.07, 6.45) is 2.77. The predicted molar refractivity (Wildman–Crippen MR) is 119 cm³/mol. The van der Waals surface area contributed by atoms with Crippen molar-refractivity contribution >= 4 is 29.1 Å². The standard InChI is InChI=1S/C23H27Cl2NO4/c1-2-28-19-8-3-4-9-20(19)30-17-12-14-26(15-13-17)22(27)11-6-16-29-21-10-5-7-18(24)23(21)25/h3-5,7-10,17H,2,6,11-16H2,1H3. The molecule has 2 aromatic carbocycles. The Labute approximate surface area is 187 Å². The third-order valence-corrected chi connectivity index (χ3v) is 5.75. The SMILES string of the molecule is CCOc1ccccc1OC1CCN(C(=O)CCCOc2cccc(Cl)c2Cl)CC1. The maximum atomic E-state index is 12.5. The van der Waals surface area contributed by atoms with Crippen molar-refractivity contribution in [3.05, 3.63) is 52.5 Å². The van der Waals surface area contributed by atoms with E-state index in [0.717, 1.165) is 24.3 Å². The third-order valence-electron chi connectivity index (χ3n) is 4.95. The summed E-state index contributed by atoms with van der Waals surface area (Å²) in [5, 5.41) is 0.859. The maximum Gasteiger partial charge on any atom is 0.222 e. The zero-order chi connectivity index (χ0) is 21.3. The number of benzene rings is 2. The number of halogens is 2.